The molecule has 0 fully saturated rings. The molecule has 0 aromatic rings. The van der Waals surface area contributed by atoms with Gasteiger partial charge in [0.2, 0.25) is 12.2 Å². The van der Waals surface area contributed by atoms with Gasteiger partial charge in [-0.05, 0) is 67.2 Å². The molecular weight excluding hydrogens is 500 g/mol. The van der Waals surface area contributed by atoms with E-state index in [2.05, 4.69) is 23.8 Å². The summed E-state index contributed by atoms with van der Waals surface area (Å²) in [6.45, 7) is 16.9. The molecule has 36 heavy (non-hydrogen) atoms. The first kappa shape index (κ1) is 37.1. The Morgan fingerprint density at radius 1 is 0.639 bits per heavy atom. The Kier molecular flexibility index (Phi) is 22.7. The van der Waals surface area contributed by atoms with Crippen molar-refractivity contribution in [2.75, 3.05) is 27.3 Å². The minimum atomic E-state index is -2.68. The van der Waals surface area contributed by atoms with Crippen LogP contribution in [0.3, 0.4) is 0 Å². The molecule has 10 nitrogen and oxygen atoms in total. The smallest absolute Gasteiger partial charge is 0.377 e. The molecule has 0 aromatic heterocycles. The normalized spacial score (nSPS) is 14.8. The number of rotatable bonds is 20. The van der Waals surface area contributed by atoms with Gasteiger partial charge in [0, 0.05) is 50.7 Å². The monoisotopic (exact) mass is 550 g/mol. The number of hydrogen-bond acceptors (Lipinski definition) is 10. The third-order valence-corrected chi connectivity index (χ3v) is 11.4. The van der Waals surface area contributed by atoms with Crippen LogP contribution >= 0.6 is 0 Å². The van der Waals surface area contributed by atoms with Crippen LogP contribution in [0.2, 0.25) is 12.1 Å². The van der Waals surface area contributed by atoms with Gasteiger partial charge in [0.1, 0.15) is 0 Å². The lowest BCUT2D eigenvalue weighted by molar-refractivity contribution is 0.0204. The molecule has 0 saturated carbocycles. The maximum atomic E-state index is 10.1. The predicted octanol–water partition coefficient (Wildman–Crippen LogP) is 5.08. The minimum Gasteiger partial charge on any atom is -0.377 e. The van der Waals surface area contributed by atoms with Gasteiger partial charge < -0.3 is 26.6 Å². The Balaban J connectivity index is 0. The molecule has 0 saturated heterocycles. The van der Waals surface area contributed by atoms with Crippen molar-refractivity contribution in [2.24, 2.45) is 9.98 Å². The molecule has 0 aliphatic heterocycles. The van der Waals surface area contributed by atoms with Crippen LogP contribution in [0.4, 0.5) is 0 Å². The fourth-order valence-electron chi connectivity index (χ4n) is 3.03. The zero-order valence-electron chi connectivity index (χ0n) is 24.1. The first-order chi connectivity index (χ1) is 17.0. The molecule has 0 amide bonds. The molecule has 0 N–H and O–H groups in total. The van der Waals surface area contributed by atoms with Crippen LogP contribution in [-0.2, 0) is 36.1 Å². The van der Waals surface area contributed by atoms with Crippen LogP contribution < -0.4 is 0 Å². The summed E-state index contributed by atoms with van der Waals surface area (Å²) in [7, 11) is -2.06. The number of hydrogen-bond donors (Lipinski definition) is 0. The average Bonchev–Trinajstić information content (AvgIpc) is 2.83. The molecule has 0 heterocycles. The van der Waals surface area contributed by atoms with Crippen molar-refractivity contribution in [3.05, 3.63) is 0 Å². The minimum absolute atomic E-state index is 0.0509. The molecule has 0 rings (SSSR count). The third kappa shape index (κ3) is 18.2. The molecule has 0 aromatic carbocycles. The van der Waals surface area contributed by atoms with E-state index in [1.54, 1.807) is 20.3 Å². The SMILES string of the molecule is CCC(C)O[Si](CCCN=C=O)(OC)OC(C)CC.CO[Si](CCCN=C=O)(OC(C)C)OC(C)C. The molecule has 2 atom stereocenters. The Bertz CT molecular complexity index is 620. The molecule has 12 heteroatoms. The van der Waals surface area contributed by atoms with Crippen molar-refractivity contribution >= 4 is 29.8 Å². The summed E-state index contributed by atoms with van der Waals surface area (Å²) in [5.74, 6) is 0. The van der Waals surface area contributed by atoms with E-state index in [4.69, 9.17) is 26.6 Å². The topological polar surface area (TPSA) is 114 Å². The van der Waals surface area contributed by atoms with E-state index in [0.717, 1.165) is 12.8 Å². The van der Waals surface area contributed by atoms with Gasteiger partial charge in [0.05, 0.1) is 13.1 Å². The van der Waals surface area contributed by atoms with Crippen molar-refractivity contribution in [3.8, 4) is 0 Å². The second kappa shape index (κ2) is 22.0. The van der Waals surface area contributed by atoms with Gasteiger partial charge in [-0.3, -0.25) is 0 Å². The van der Waals surface area contributed by atoms with E-state index >= 15 is 0 Å². The molecular formula is C24H50N2O8Si2. The lowest BCUT2D eigenvalue weighted by Gasteiger charge is -2.33. The Morgan fingerprint density at radius 3 is 1.22 bits per heavy atom. The van der Waals surface area contributed by atoms with Gasteiger partial charge >= 0.3 is 17.6 Å². The maximum Gasteiger partial charge on any atom is 0.501 e. The molecule has 0 radical (unpaired) electrons. The zero-order chi connectivity index (χ0) is 28.0. The summed E-state index contributed by atoms with van der Waals surface area (Å²) in [5, 5.41) is 0. The number of carbonyl (C=O) groups excluding carboxylic acids is 2. The summed E-state index contributed by atoms with van der Waals surface area (Å²) < 4.78 is 34.9. The fraction of sp³-hybridized carbons (Fsp3) is 0.917. The fourth-order valence-corrected chi connectivity index (χ4v) is 8.58. The second-order valence-corrected chi connectivity index (χ2v) is 14.4. The average molecular weight is 551 g/mol. The van der Waals surface area contributed by atoms with Crippen LogP contribution in [-0.4, -0.2) is 81.5 Å². The van der Waals surface area contributed by atoms with Crippen molar-refractivity contribution in [3.63, 3.8) is 0 Å². The van der Waals surface area contributed by atoms with Gasteiger partial charge in [-0.25, -0.2) is 19.6 Å². The maximum absolute atomic E-state index is 10.1. The first-order valence-corrected chi connectivity index (χ1v) is 16.7. The van der Waals surface area contributed by atoms with Gasteiger partial charge in [-0.15, -0.1) is 0 Å². The quantitative estimate of drug-likeness (QED) is 0.0893. The highest BCUT2D eigenvalue weighted by Crippen LogP contribution is 2.23. The Labute approximate surface area is 220 Å². The van der Waals surface area contributed by atoms with Crippen LogP contribution in [0.5, 0.6) is 0 Å². The van der Waals surface area contributed by atoms with E-state index in [0.29, 0.717) is 38.0 Å². The third-order valence-electron chi connectivity index (χ3n) is 5.00. The van der Waals surface area contributed by atoms with Gasteiger partial charge in [-0.2, -0.15) is 0 Å². The summed E-state index contributed by atoms with van der Waals surface area (Å²) in [4.78, 5) is 27.1. The van der Waals surface area contributed by atoms with Gasteiger partial charge in [-0.1, -0.05) is 13.8 Å². The summed E-state index contributed by atoms with van der Waals surface area (Å²) in [6, 6.07) is 1.33. The van der Waals surface area contributed by atoms with Crippen LogP contribution in [0.25, 0.3) is 0 Å². The predicted molar refractivity (Wildman–Crippen MR) is 144 cm³/mol. The molecule has 0 bridgehead atoms. The van der Waals surface area contributed by atoms with E-state index in [-0.39, 0.29) is 24.4 Å². The highest BCUT2D eigenvalue weighted by molar-refractivity contribution is 6.61. The van der Waals surface area contributed by atoms with Crippen molar-refractivity contribution in [1.29, 1.82) is 0 Å². The highest BCUT2D eigenvalue weighted by atomic mass is 28.4. The van der Waals surface area contributed by atoms with Gasteiger partial charge in [0.25, 0.3) is 0 Å². The summed E-state index contributed by atoms with van der Waals surface area (Å²) in [6.07, 6.45) is 6.61. The van der Waals surface area contributed by atoms with Crippen molar-refractivity contribution < 1.29 is 36.1 Å². The van der Waals surface area contributed by atoms with Crippen molar-refractivity contribution in [1.82, 2.24) is 0 Å². The van der Waals surface area contributed by atoms with E-state index in [9.17, 15) is 9.59 Å². The standard InChI is InChI=1S/C13H27NO4Si.C11H23NO4Si/c1-6-12(3)17-19(16-5,18-13(4)7-2)10-8-9-14-11-15;1-10(2)15-17(14-5,16-11(3)4)8-6-7-12-9-13/h12-13H,6-10H2,1-5H3;10-11H,6-8H2,1-5H3. The zero-order valence-corrected chi connectivity index (χ0v) is 26.1. The Morgan fingerprint density at radius 2 is 0.972 bits per heavy atom. The molecule has 0 spiro atoms. The number of nitrogens with zero attached hydrogens (tertiary/aromatic N) is 2. The van der Waals surface area contributed by atoms with E-state index < -0.39 is 17.6 Å². The summed E-state index contributed by atoms with van der Waals surface area (Å²) in [5.41, 5.74) is 0. The lowest BCUT2D eigenvalue weighted by Crippen LogP contribution is -2.49. The van der Waals surface area contributed by atoms with E-state index in [1.165, 1.54) is 6.08 Å². The molecule has 2 unspecified atom stereocenters. The first-order valence-electron chi connectivity index (χ1n) is 12.9. The second-order valence-electron chi connectivity index (χ2n) is 8.93. The number of isocyanates is 2. The summed E-state index contributed by atoms with van der Waals surface area (Å²) >= 11 is 0. The van der Waals surface area contributed by atoms with Gasteiger partial charge in [0.15, 0.2) is 0 Å². The highest BCUT2D eigenvalue weighted by Gasteiger charge is 2.42. The lowest BCUT2D eigenvalue weighted by atomic mass is 10.3. The van der Waals surface area contributed by atoms with Crippen LogP contribution in [0.1, 0.15) is 81.1 Å². The van der Waals surface area contributed by atoms with E-state index in [1.807, 2.05) is 41.5 Å². The largest absolute Gasteiger partial charge is 0.501 e. The molecule has 212 valence electrons. The van der Waals surface area contributed by atoms with Crippen LogP contribution in [0, 0.1) is 0 Å². The van der Waals surface area contributed by atoms with Crippen LogP contribution in [0.15, 0.2) is 9.98 Å². The van der Waals surface area contributed by atoms with Crippen molar-refractivity contribution in [2.45, 2.75) is 118 Å². The molecule has 0 aliphatic rings. The molecule has 0 aliphatic carbocycles. The number of aliphatic imine (C=N–C) groups is 2. The Hall–Kier alpha value is -1.05.